The topological polar surface area (TPSA) is 59.4 Å². The number of aliphatic carboxylic acids is 1. The number of hydrogen-bond acceptors (Lipinski definition) is 3. The summed E-state index contributed by atoms with van der Waals surface area (Å²) < 4.78 is 18.9. The molecule has 0 saturated carbocycles. The monoisotopic (exact) mass is 287 g/mol. The lowest BCUT2D eigenvalue weighted by Crippen LogP contribution is -2.03. The summed E-state index contributed by atoms with van der Waals surface area (Å²) in [5.74, 6) is -1.21. The van der Waals surface area contributed by atoms with Crippen LogP contribution < -0.4 is 4.74 Å². The minimum atomic E-state index is -1.09. The molecule has 0 bridgehead atoms. The van der Waals surface area contributed by atoms with Crippen LogP contribution in [0.4, 0.5) is 4.39 Å². The number of hydrogen-bond donors (Lipinski definition) is 1. The molecule has 5 heteroatoms. The molecule has 1 aromatic heterocycles. The Morgan fingerprint density at radius 2 is 2.19 bits per heavy atom. The molecular formula is C16H14FNO3. The summed E-state index contributed by atoms with van der Waals surface area (Å²) in [7, 11) is 0. The lowest BCUT2D eigenvalue weighted by atomic mass is 10.2. The van der Waals surface area contributed by atoms with Crippen LogP contribution in [-0.2, 0) is 11.2 Å². The van der Waals surface area contributed by atoms with Gasteiger partial charge >= 0.3 is 5.97 Å². The Morgan fingerprint density at radius 1 is 1.33 bits per heavy atom. The van der Waals surface area contributed by atoms with Gasteiger partial charge < -0.3 is 9.84 Å². The SMILES string of the molecule is O=C(O)/C=C/c1cc(F)cc(OCCc2ccccn2)c1. The summed E-state index contributed by atoms with van der Waals surface area (Å²) >= 11 is 0. The van der Waals surface area contributed by atoms with E-state index < -0.39 is 11.8 Å². The van der Waals surface area contributed by atoms with Gasteiger partial charge in [0.15, 0.2) is 0 Å². The second-order valence-corrected chi connectivity index (χ2v) is 4.31. The molecule has 0 aliphatic rings. The van der Waals surface area contributed by atoms with Crippen molar-refractivity contribution in [2.24, 2.45) is 0 Å². The molecule has 2 aromatic rings. The number of pyridine rings is 1. The fourth-order valence-corrected chi connectivity index (χ4v) is 1.75. The predicted octanol–water partition coefficient (Wildman–Crippen LogP) is 2.94. The van der Waals surface area contributed by atoms with E-state index >= 15 is 0 Å². The van der Waals surface area contributed by atoms with Crippen LogP contribution in [0.15, 0.2) is 48.7 Å². The van der Waals surface area contributed by atoms with E-state index in [-0.39, 0.29) is 0 Å². The van der Waals surface area contributed by atoms with E-state index in [1.54, 1.807) is 12.3 Å². The van der Waals surface area contributed by atoms with Crippen LogP contribution in [0, 0.1) is 5.82 Å². The van der Waals surface area contributed by atoms with E-state index in [9.17, 15) is 9.18 Å². The zero-order chi connectivity index (χ0) is 15.1. The quantitative estimate of drug-likeness (QED) is 0.830. The van der Waals surface area contributed by atoms with Gasteiger partial charge in [-0.3, -0.25) is 4.98 Å². The van der Waals surface area contributed by atoms with Crippen molar-refractivity contribution in [2.45, 2.75) is 6.42 Å². The first-order valence-electron chi connectivity index (χ1n) is 6.38. The van der Waals surface area contributed by atoms with Crippen molar-refractivity contribution in [2.75, 3.05) is 6.61 Å². The highest BCUT2D eigenvalue weighted by atomic mass is 19.1. The first-order valence-corrected chi connectivity index (χ1v) is 6.38. The molecule has 0 saturated heterocycles. The van der Waals surface area contributed by atoms with Crippen LogP contribution in [-0.4, -0.2) is 22.7 Å². The summed E-state index contributed by atoms with van der Waals surface area (Å²) in [6.45, 7) is 0.364. The molecular weight excluding hydrogens is 273 g/mol. The number of rotatable bonds is 6. The third-order valence-corrected chi connectivity index (χ3v) is 2.67. The van der Waals surface area contributed by atoms with Crippen molar-refractivity contribution in [3.63, 3.8) is 0 Å². The molecule has 1 aromatic carbocycles. The standard InChI is InChI=1S/C16H14FNO3/c17-13-9-12(4-5-16(19)20)10-15(11-13)21-8-6-14-3-1-2-7-18-14/h1-5,7,9-11H,6,8H2,(H,19,20)/b5-4+. The molecule has 0 amide bonds. The Bertz CT molecular complexity index is 641. The van der Waals surface area contributed by atoms with E-state index in [0.717, 1.165) is 11.8 Å². The second kappa shape index (κ2) is 7.19. The summed E-state index contributed by atoms with van der Waals surface area (Å²) in [6.07, 6.45) is 4.58. The molecule has 0 radical (unpaired) electrons. The van der Waals surface area contributed by atoms with Crippen molar-refractivity contribution in [3.8, 4) is 5.75 Å². The van der Waals surface area contributed by atoms with E-state index in [1.807, 2.05) is 18.2 Å². The van der Waals surface area contributed by atoms with Crippen molar-refractivity contribution in [3.05, 3.63) is 65.7 Å². The van der Waals surface area contributed by atoms with Crippen LogP contribution >= 0.6 is 0 Å². The molecule has 0 spiro atoms. The highest BCUT2D eigenvalue weighted by Gasteiger charge is 2.01. The maximum atomic E-state index is 13.4. The minimum Gasteiger partial charge on any atom is -0.493 e. The third kappa shape index (κ3) is 5.06. The molecule has 0 unspecified atom stereocenters. The molecule has 1 N–H and O–H groups in total. The van der Waals surface area contributed by atoms with Crippen LogP contribution in [0.25, 0.3) is 6.08 Å². The van der Waals surface area contributed by atoms with Crippen molar-refractivity contribution in [1.29, 1.82) is 0 Å². The van der Waals surface area contributed by atoms with E-state index in [2.05, 4.69) is 4.98 Å². The Labute approximate surface area is 121 Å². The van der Waals surface area contributed by atoms with Gasteiger partial charge in [0.2, 0.25) is 0 Å². The average Bonchev–Trinajstić information content (AvgIpc) is 2.46. The van der Waals surface area contributed by atoms with Gasteiger partial charge in [-0.15, -0.1) is 0 Å². The van der Waals surface area contributed by atoms with Crippen molar-refractivity contribution in [1.82, 2.24) is 4.98 Å². The van der Waals surface area contributed by atoms with Gasteiger partial charge in [-0.1, -0.05) is 6.07 Å². The van der Waals surface area contributed by atoms with Gasteiger partial charge in [0, 0.05) is 30.5 Å². The molecule has 21 heavy (non-hydrogen) atoms. The highest BCUT2D eigenvalue weighted by molar-refractivity contribution is 5.85. The Balaban J connectivity index is 1.98. The number of carbonyl (C=O) groups is 1. The summed E-state index contributed by atoms with van der Waals surface area (Å²) in [6, 6.07) is 9.69. The Hall–Kier alpha value is -2.69. The van der Waals surface area contributed by atoms with Crippen molar-refractivity contribution >= 4 is 12.0 Å². The number of carboxylic acid groups (broad SMARTS) is 1. The summed E-state index contributed by atoms with van der Waals surface area (Å²) in [5.41, 5.74) is 1.32. The van der Waals surface area contributed by atoms with Gasteiger partial charge in [-0.05, 0) is 35.9 Å². The van der Waals surface area contributed by atoms with Crippen LogP contribution in [0.2, 0.25) is 0 Å². The molecule has 4 nitrogen and oxygen atoms in total. The molecule has 0 aliphatic heterocycles. The number of carboxylic acids is 1. The molecule has 0 fully saturated rings. The van der Waals surface area contributed by atoms with E-state index in [4.69, 9.17) is 9.84 Å². The average molecular weight is 287 g/mol. The van der Waals surface area contributed by atoms with Crippen LogP contribution in [0.1, 0.15) is 11.3 Å². The van der Waals surface area contributed by atoms with Crippen LogP contribution in [0.5, 0.6) is 5.75 Å². The minimum absolute atomic E-state index is 0.357. The number of ether oxygens (including phenoxy) is 1. The number of halogens is 1. The Morgan fingerprint density at radius 3 is 2.90 bits per heavy atom. The normalized spacial score (nSPS) is 10.7. The van der Waals surface area contributed by atoms with Gasteiger partial charge in [0.05, 0.1) is 6.61 Å². The van der Waals surface area contributed by atoms with Crippen LogP contribution in [0.3, 0.4) is 0 Å². The van der Waals surface area contributed by atoms with Crippen molar-refractivity contribution < 1.29 is 19.0 Å². The number of nitrogens with zero attached hydrogens (tertiary/aromatic N) is 1. The summed E-state index contributed by atoms with van der Waals surface area (Å²) in [5, 5.41) is 8.56. The maximum absolute atomic E-state index is 13.4. The van der Waals surface area contributed by atoms with Gasteiger partial charge in [-0.2, -0.15) is 0 Å². The maximum Gasteiger partial charge on any atom is 0.328 e. The Kier molecular flexibility index (Phi) is 5.04. The molecule has 0 aliphatic carbocycles. The summed E-state index contributed by atoms with van der Waals surface area (Å²) in [4.78, 5) is 14.6. The van der Waals surface area contributed by atoms with Gasteiger partial charge in [0.25, 0.3) is 0 Å². The number of aromatic nitrogens is 1. The molecule has 1 heterocycles. The largest absolute Gasteiger partial charge is 0.493 e. The third-order valence-electron chi connectivity index (χ3n) is 2.67. The van der Waals surface area contributed by atoms with Gasteiger partial charge in [0.1, 0.15) is 11.6 Å². The first-order chi connectivity index (χ1) is 10.1. The van der Waals surface area contributed by atoms with E-state index in [0.29, 0.717) is 24.3 Å². The number of benzene rings is 1. The van der Waals surface area contributed by atoms with Gasteiger partial charge in [-0.25, -0.2) is 9.18 Å². The fourth-order valence-electron chi connectivity index (χ4n) is 1.75. The molecule has 2 rings (SSSR count). The molecule has 0 atom stereocenters. The highest BCUT2D eigenvalue weighted by Crippen LogP contribution is 2.18. The lowest BCUT2D eigenvalue weighted by Gasteiger charge is -2.07. The predicted molar refractivity (Wildman–Crippen MR) is 76.5 cm³/mol. The zero-order valence-corrected chi connectivity index (χ0v) is 11.2. The fraction of sp³-hybridized carbons (Fsp3) is 0.125. The zero-order valence-electron chi connectivity index (χ0n) is 11.2. The first kappa shape index (κ1) is 14.7. The molecule has 108 valence electrons. The lowest BCUT2D eigenvalue weighted by molar-refractivity contribution is -0.131. The van der Waals surface area contributed by atoms with E-state index in [1.165, 1.54) is 18.2 Å². The second-order valence-electron chi connectivity index (χ2n) is 4.31. The smallest absolute Gasteiger partial charge is 0.328 e.